The molecule has 1 aliphatic heterocycles. The lowest BCUT2D eigenvalue weighted by atomic mass is 10.1. The predicted molar refractivity (Wildman–Crippen MR) is 132 cm³/mol. The second kappa shape index (κ2) is 11.4. The number of morpholine rings is 1. The van der Waals surface area contributed by atoms with E-state index in [2.05, 4.69) is 28.1 Å². The summed E-state index contributed by atoms with van der Waals surface area (Å²) in [6.07, 6.45) is 0.340. The number of anilines is 1. The highest BCUT2D eigenvalue weighted by atomic mass is 16.5. The number of esters is 1. The first kappa shape index (κ1) is 24.8. The van der Waals surface area contributed by atoms with Crippen molar-refractivity contribution >= 4 is 11.7 Å². The van der Waals surface area contributed by atoms with Crippen LogP contribution in [0.5, 0.6) is 5.75 Å². The number of benzene rings is 2. The van der Waals surface area contributed by atoms with Crippen molar-refractivity contribution in [1.29, 1.82) is 0 Å². The maximum absolute atomic E-state index is 12.1. The molecule has 1 radical (unpaired) electrons. The van der Waals surface area contributed by atoms with Gasteiger partial charge >= 0.3 is 5.97 Å². The van der Waals surface area contributed by atoms with Gasteiger partial charge in [0.05, 0.1) is 31.6 Å². The number of hydrogen-bond acceptors (Lipinski definition) is 8. The third-order valence-electron chi connectivity index (χ3n) is 5.71. The monoisotopic (exact) mass is 478 g/mol. The molecular formula is C27H32N3O5. The van der Waals surface area contributed by atoms with Crippen molar-refractivity contribution in [2.75, 3.05) is 37.8 Å². The highest BCUT2D eigenvalue weighted by molar-refractivity contribution is 5.77. The number of nitrogens with zero attached hydrogens (tertiary/aromatic N) is 2. The average Bonchev–Trinajstić information content (AvgIpc) is 3.24. The number of nitrogens with two attached hydrogens (primary N) is 1. The van der Waals surface area contributed by atoms with Gasteiger partial charge in [-0.2, -0.15) is 0 Å². The molecule has 1 aromatic heterocycles. The second-order valence-corrected chi connectivity index (χ2v) is 8.70. The molecule has 1 atom stereocenters. The number of aryl methyl sites for hydroxylation is 1. The van der Waals surface area contributed by atoms with Crippen molar-refractivity contribution in [3.05, 3.63) is 65.5 Å². The Balaban J connectivity index is 1.34. The van der Waals surface area contributed by atoms with Crippen LogP contribution < -0.4 is 15.4 Å². The molecule has 1 fully saturated rings. The standard InChI is InChI=1S/C27H32N3O5/c1-18(2)34-27(31)25(28)21-5-4-6-23(17-21)33-14-11-24-19(3)35-26(29-24)20-7-9-22(10-8-20)30-12-15-32-16-13-30/h4-10,18,25H,11-16,28H2,1-3H3. The van der Waals surface area contributed by atoms with Gasteiger partial charge in [0.1, 0.15) is 17.6 Å². The molecule has 3 aromatic rings. The Hall–Kier alpha value is -3.36. The summed E-state index contributed by atoms with van der Waals surface area (Å²) >= 11 is 0. The van der Waals surface area contributed by atoms with E-state index in [1.54, 1.807) is 32.0 Å². The lowest BCUT2D eigenvalue weighted by Crippen LogP contribution is -2.36. The van der Waals surface area contributed by atoms with E-state index < -0.39 is 12.0 Å². The molecule has 8 heteroatoms. The van der Waals surface area contributed by atoms with E-state index in [0.717, 1.165) is 43.3 Å². The van der Waals surface area contributed by atoms with Crippen molar-refractivity contribution in [3.63, 3.8) is 0 Å². The largest absolute Gasteiger partial charge is 0.493 e. The number of carbonyl (C=O) groups excluding carboxylic acids is 1. The number of rotatable bonds is 9. The zero-order valence-corrected chi connectivity index (χ0v) is 20.5. The lowest BCUT2D eigenvalue weighted by molar-refractivity contribution is -0.149. The minimum atomic E-state index is -0.907. The highest BCUT2D eigenvalue weighted by Gasteiger charge is 2.19. The van der Waals surface area contributed by atoms with Gasteiger partial charge in [0.25, 0.3) is 0 Å². The quantitative estimate of drug-likeness (QED) is 0.463. The van der Waals surface area contributed by atoms with E-state index in [1.807, 2.05) is 19.1 Å². The van der Waals surface area contributed by atoms with Crippen LogP contribution in [0.15, 0.2) is 46.9 Å². The summed E-state index contributed by atoms with van der Waals surface area (Å²) in [6.45, 7) is 9.16. The second-order valence-electron chi connectivity index (χ2n) is 8.70. The fourth-order valence-electron chi connectivity index (χ4n) is 3.84. The Morgan fingerprint density at radius 2 is 1.91 bits per heavy atom. The average molecular weight is 479 g/mol. The number of oxazole rings is 1. The van der Waals surface area contributed by atoms with Crippen molar-refractivity contribution in [1.82, 2.24) is 4.98 Å². The van der Waals surface area contributed by atoms with Gasteiger partial charge in [-0.25, -0.2) is 9.78 Å². The molecule has 0 bridgehead atoms. The Kier molecular flexibility index (Phi) is 8.05. The molecule has 185 valence electrons. The minimum absolute atomic E-state index is 0.230. The van der Waals surface area contributed by atoms with Crippen molar-refractivity contribution in [3.8, 4) is 17.2 Å². The maximum Gasteiger partial charge on any atom is 0.327 e. The van der Waals surface area contributed by atoms with Crippen molar-refractivity contribution < 1.29 is 23.4 Å². The Labute approximate surface area is 206 Å². The predicted octanol–water partition coefficient (Wildman–Crippen LogP) is 3.86. The molecule has 0 spiro atoms. The molecule has 1 unspecified atom stereocenters. The summed E-state index contributed by atoms with van der Waals surface area (Å²) in [5, 5.41) is 0. The van der Waals surface area contributed by atoms with E-state index in [1.165, 1.54) is 5.69 Å². The normalized spacial score (nSPS) is 14.7. The van der Waals surface area contributed by atoms with Crippen LogP contribution in [0, 0.1) is 13.0 Å². The number of carbonyl (C=O) groups is 1. The SMILES string of the molecule is Cc1oc(-c2ccc(N3CCOCC3)cc2)nc1CCOc1[c]c(C(N)C(=O)OC(C)C)ccc1. The number of hydrogen-bond donors (Lipinski definition) is 1. The van der Waals surface area contributed by atoms with Gasteiger partial charge in [-0.15, -0.1) is 0 Å². The van der Waals surface area contributed by atoms with E-state index in [0.29, 0.717) is 30.2 Å². The lowest BCUT2D eigenvalue weighted by Gasteiger charge is -2.28. The summed E-state index contributed by atoms with van der Waals surface area (Å²) in [6, 6.07) is 15.7. The third-order valence-corrected chi connectivity index (χ3v) is 5.71. The molecule has 1 saturated heterocycles. The van der Waals surface area contributed by atoms with Gasteiger partial charge in [-0.05, 0) is 56.7 Å². The highest BCUT2D eigenvalue weighted by Crippen LogP contribution is 2.26. The summed E-state index contributed by atoms with van der Waals surface area (Å²) in [5.74, 6) is 1.37. The molecule has 2 N–H and O–H groups in total. The van der Waals surface area contributed by atoms with Gasteiger partial charge in [-0.3, -0.25) is 0 Å². The van der Waals surface area contributed by atoms with Crippen LogP contribution in [0.2, 0.25) is 0 Å². The molecule has 0 aliphatic carbocycles. The van der Waals surface area contributed by atoms with Crippen LogP contribution in [0.1, 0.15) is 36.9 Å². The fourth-order valence-corrected chi connectivity index (χ4v) is 3.84. The van der Waals surface area contributed by atoms with E-state index in [4.69, 9.17) is 24.4 Å². The van der Waals surface area contributed by atoms with Crippen LogP contribution in [0.4, 0.5) is 5.69 Å². The first-order chi connectivity index (χ1) is 16.9. The Morgan fingerprint density at radius 3 is 2.63 bits per heavy atom. The van der Waals surface area contributed by atoms with Crippen LogP contribution in [0.25, 0.3) is 11.5 Å². The maximum atomic E-state index is 12.1. The zero-order valence-electron chi connectivity index (χ0n) is 20.5. The summed E-state index contributed by atoms with van der Waals surface area (Å²) in [7, 11) is 0. The molecule has 35 heavy (non-hydrogen) atoms. The Morgan fingerprint density at radius 1 is 1.17 bits per heavy atom. The molecule has 0 amide bonds. The van der Waals surface area contributed by atoms with Crippen LogP contribution >= 0.6 is 0 Å². The molecule has 1 aliphatic rings. The first-order valence-electron chi connectivity index (χ1n) is 11.9. The van der Waals surface area contributed by atoms with Crippen molar-refractivity contribution in [2.45, 2.75) is 39.3 Å². The van der Waals surface area contributed by atoms with E-state index >= 15 is 0 Å². The smallest absolute Gasteiger partial charge is 0.327 e. The van der Waals surface area contributed by atoms with Crippen LogP contribution in [-0.4, -0.2) is 50.0 Å². The van der Waals surface area contributed by atoms with Gasteiger partial charge in [-0.1, -0.05) is 12.1 Å². The van der Waals surface area contributed by atoms with Gasteiger partial charge in [0.15, 0.2) is 0 Å². The van der Waals surface area contributed by atoms with Gasteiger partial charge in [0, 0.05) is 36.8 Å². The molecule has 2 aromatic carbocycles. The Bertz CT molecular complexity index is 1120. The van der Waals surface area contributed by atoms with Crippen LogP contribution in [0.3, 0.4) is 0 Å². The van der Waals surface area contributed by atoms with E-state index in [9.17, 15) is 4.79 Å². The minimum Gasteiger partial charge on any atom is -0.493 e. The first-order valence-corrected chi connectivity index (χ1v) is 11.9. The van der Waals surface area contributed by atoms with Crippen molar-refractivity contribution in [2.24, 2.45) is 5.73 Å². The summed E-state index contributed by atoms with van der Waals surface area (Å²) < 4.78 is 22.4. The topological polar surface area (TPSA) is 100 Å². The van der Waals surface area contributed by atoms with Gasteiger partial charge in [0.2, 0.25) is 5.89 Å². The molecule has 0 saturated carbocycles. The number of ether oxygens (including phenoxy) is 3. The molecular weight excluding hydrogens is 446 g/mol. The van der Waals surface area contributed by atoms with E-state index in [-0.39, 0.29) is 6.10 Å². The summed E-state index contributed by atoms with van der Waals surface area (Å²) in [4.78, 5) is 19.1. The molecule has 2 heterocycles. The molecule has 4 rings (SSSR count). The zero-order chi connectivity index (χ0) is 24.8. The number of aromatic nitrogens is 1. The fraction of sp³-hybridized carbons (Fsp3) is 0.407. The van der Waals surface area contributed by atoms with Gasteiger partial charge < -0.3 is 29.3 Å². The summed E-state index contributed by atoms with van der Waals surface area (Å²) in [5.41, 5.74) is 9.48. The van der Waals surface area contributed by atoms with Crippen LogP contribution in [-0.2, 0) is 20.7 Å². The molecule has 8 nitrogen and oxygen atoms in total. The third kappa shape index (κ3) is 6.41.